The molecule has 2 N–H and O–H groups in total. The molecule has 0 aliphatic carbocycles. The van der Waals surface area contributed by atoms with E-state index in [1.54, 1.807) is 6.20 Å². The van der Waals surface area contributed by atoms with Crippen molar-refractivity contribution in [2.45, 2.75) is 13.3 Å². The molecule has 1 heterocycles. The second-order valence-corrected chi connectivity index (χ2v) is 4.73. The van der Waals surface area contributed by atoms with Gasteiger partial charge in [0, 0.05) is 12.2 Å². The molecule has 0 bridgehead atoms. The van der Waals surface area contributed by atoms with Crippen molar-refractivity contribution in [3.63, 3.8) is 0 Å². The molecule has 0 fully saturated rings. The summed E-state index contributed by atoms with van der Waals surface area (Å²) in [5, 5.41) is 0.543. The first kappa shape index (κ1) is 13.8. The van der Waals surface area contributed by atoms with E-state index < -0.39 is 0 Å². The summed E-state index contributed by atoms with van der Waals surface area (Å²) in [5.41, 5.74) is 7.87. The quantitative estimate of drug-likeness (QED) is 0.912. The van der Waals surface area contributed by atoms with Gasteiger partial charge in [-0.15, -0.1) is 0 Å². The van der Waals surface area contributed by atoms with Gasteiger partial charge in [0.25, 0.3) is 0 Å². The van der Waals surface area contributed by atoms with E-state index in [4.69, 9.17) is 17.3 Å². The largest absolute Gasteiger partial charge is 0.330 e. The third-order valence-electron chi connectivity index (χ3n) is 2.80. The minimum Gasteiger partial charge on any atom is -0.330 e. The van der Waals surface area contributed by atoms with Gasteiger partial charge in [-0.25, -0.2) is 9.97 Å². The van der Waals surface area contributed by atoms with E-state index in [2.05, 4.69) is 33.9 Å². The summed E-state index contributed by atoms with van der Waals surface area (Å²) in [4.78, 5) is 10.3. The lowest BCUT2D eigenvalue weighted by molar-refractivity contribution is 0.808. The van der Waals surface area contributed by atoms with Crippen molar-refractivity contribution in [1.82, 2.24) is 9.97 Å². The molecule has 0 saturated carbocycles. The van der Waals surface area contributed by atoms with E-state index in [0.29, 0.717) is 11.6 Å². The van der Waals surface area contributed by atoms with Gasteiger partial charge in [-0.1, -0.05) is 23.7 Å². The molecular weight excluding hydrogens is 260 g/mol. The van der Waals surface area contributed by atoms with Crippen molar-refractivity contribution < 1.29 is 0 Å². The van der Waals surface area contributed by atoms with Gasteiger partial charge in [-0.05, 0) is 37.6 Å². The van der Waals surface area contributed by atoms with Crippen LogP contribution in [-0.2, 0) is 0 Å². The van der Waals surface area contributed by atoms with E-state index in [1.165, 1.54) is 11.9 Å². The predicted octanol–water partition coefficient (Wildman–Crippen LogP) is 2.93. The summed E-state index contributed by atoms with van der Waals surface area (Å²) in [6.45, 7) is 3.47. The highest BCUT2D eigenvalue weighted by molar-refractivity contribution is 6.32. The van der Waals surface area contributed by atoms with Gasteiger partial charge < -0.3 is 10.6 Å². The zero-order chi connectivity index (χ0) is 13.7. The van der Waals surface area contributed by atoms with E-state index in [9.17, 15) is 0 Å². The number of rotatable bonds is 5. The SMILES string of the molecule is Cc1cccc(N(CCCN)c2ncncc2Cl)c1. The molecule has 19 heavy (non-hydrogen) atoms. The number of aryl methyl sites for hydroxylation is 1. The molecule has 0 aliphatic heterocycles. The Morgan fingerprint density at radius 3 is 2.89 bits per heavy atom. The van der Waals surface area contributed by atoms with Crippen LogP contribution in [0.25, 0.3) is 0 Å². The third-order valence-corrected chi connectivity index (χ3v) is 3.07. The zero-order valence-corrected chi connectivity index (χ0v) is 11.6. The molecule has 0 spiro atoms. The topological polar surface area (TPSA) is 55.0 Å². The summed E-state index contributed by atoms with van der Waals surface area (Å²) in [5.74, 6) is 0.718. The first-order valence-electron chi connectivity index (χ1n) is 6.22. The van der Waals surface area contributed by atoms with Crippen LogP contribution in [-0.4, -0.2) is 23.1 Å². The average molecular weight is 277 g/mol. The van der Waals surface area contributed by atoms with Crippen molar-refractivity contribution in [1.29, 1.82) is 0 Å². The Bertz CT molecular complexity index is 544. The number of halogens is 1. The Kier molecular flexibility index (Phi) is 4.71. The molecule has 0 unspecified atom stereocenters. The normalized spacial score (nSPS) is 10.5. The van der Waals surface area contributed by atoms with Crippen molar-refractivity contribution in [3.8, 4) is 0 Å². The van der Waals surface area contributed by atoms with Gasteiger partial charge in [0.1, 0.15) is 11.3 Å². The Labute approximate surface area is 118 Å². The Morgan fingerprint density at radius 2 is 2.21 bits per heavy atom. The summed E-state index contributed by atoms with van der Waals surface area (Å²) in [6, 6.07) is 8.23. The highest BCUT2D eigenvalue weighted by atomic mass is 35.5. The number of benzene rings is 1. The molecule has 5 heteroatoms. The minimum absolute atomic E-state index is 0.543. The fourth-order valence-corrected chi connectivity index (χ4v) is 2.11. The first-order valence-corrected chi connectivity index (χ1v) is 6.60. The van der Waals surface area contributed by atoms with Gasteiger partial charge in [-0.2, -0.15) is 0 Å². The van der Waals surface area contributed by atoms with Gasteiger partial charge in [0.15, 0.2) is 5.82 Å². The highest BCUT2D eigenvalue weighted by Gasteiger charge is 2.13. The second-order valence-electron chi connectivity index (χ2n) is 4.33. The molecule has 0 aliphatic rings. The maximum atomic E-state index is 6.19. The fourth-order valence-electron chi connectivity index (χ4n) is 1.91. The third kappa shape index (κ3) is 3.43. The van der Waals surface area contributed by atoms with Crippen LogP contribution >= 0.6 is 11.6 Å². The molecule has 0 radical (unpaired) electrons. The van der Waals surface area contributed by atoms with E-state index in [0.717, 1.165) is 24.5 Å². The van der Waals surface area contributed by atoms with Crippen LogP contribution in [0.15, 0.2) is 36.8 Å². The number of aromatic nitrogens is 2. The lowest BCUT2D eigenvalue weighted by Crippen LogP contribution is -2.22. The smallest absolute Gasteiger partial charge is 0.155 e. The maximum Gasteiger partial charge on any atom is 0.155 e. The van der Waals surface area contributed by atoms with Gasteiger partial charge in [0.05, 0.1) is 6.20 Å². The summed E-state index contributed by atoms with van der Waals surface area (Å²) in [7, 11) is 0. The zero-order valence-electron chi connectivity index (χ0n) is 10.9. The number of hydrogen-bond donors (Lipinski definition) is 1. The Hall–Kier alpha value is -1.65. The maximum absolute atomic E-state index is 6.19. The highest BCUT2D eigenvalue weighted by Crippen LogP contribution is 2.29. The van der Waals surface area contributed by atoms with Crippen LogP contribution in [0.2, 0.25) is 5.02 Å². The van der Waals surface area contributed by atoms with Crippen LogP contribution in [0, 0.1) is 6.92 Å². The van der Waals surface area contributed by atoms with Crippen molar-refractivity contribution in [2.75, 3.05) is 18.0 Å². The molecule has 0 amide bonds. The number of anilines is 2. The lowest BCUT2D eigenvalue weighted by atomic mass is 10.2. The summed E-state index contributed by atoms with van der Waals surface area (Å²) < 4.78 is 0. The summed E-state index contributed by atoms with van der Waals surface area (Å²) in [6.07, 6.45) is 3.98. The van der Waals surface area contributed by atoms with Crippen molar-refractivity contribution in [3.05, 3.63) is 47.4 Å². The van der Waals surface area contributed by atoms with Gasteiger partial charge in [-0.3, -0.25) is 0 Å². The molecule has 4 nitrogen and oxygen atoms in total. The minimum atomic E-state index is 0.543. The molecule has 100 valence electrons. The number of hydrogen-bond acceptors (Lipinski definition) is 4. The molecule has 1 aromatic heterocycles. The Balaban J connectivity index is 2.38. The van der Waals surface area contributed by atoms with E-state index >= 15 is 0 Å². The van der Waals surface area contributed by atoms with Crippen LogP contribution in [0.1, 0.15) is 12.0 Å². The summed E-state index contributed by atoms with van der Waals surface area (Å²) >= 11 is 6.19. The molecule has 1 aromatic carbocycles. The van der Waals surface area contributed by atoms with E-state index in [1.807, 2.05) is 12.1 Å². The monoisotopic (exact) mass is 276 g/mol. The van der Waals surface area contributed by atoms with E-state index in [-0.39, 0.29) is 0 Å². The lowest BCUT2D eigenvalue weighted by Gasteiger charge is -2.24. The number of nitrogens with zero attached hydrogens (tertiary/aromatic N) is 3. The van der Waals surface area contributed by atoms with Gasteiger partial charge >= 0.3 is 0 Å². The average Bonchev–Trinajstić information content (AvgIpc) is 2.41. The van der Waals surface area contributed by atoms with Crippen LogP contribution in [0.5, 0.6) is 0 Å². The van der Waals surface area contributed by atoms with Crippen LogP contribution in [0.4, 0.5) is 11.5 Å². The second kappa shape index (κ2) is 6.50. The predicted molar refractivity (Wildman–Crippen MR) is 78.9 cm³/mol. The molecular formula is C14H17ClN4. The van der Waals surface area contributed by atoms with Crippen LogP contribution in [0.3, 0.4) is 0 Å². The molecule has 2 aromatic rings. The van der Waals surface area contributed by atoms with Crippen molar-refractivity contribution in [2.24, 2.45) is 5.73 Å². The number of nitrogens with two attached hydrogens (primary N) is 1. The molecule has 0 saturated heterocycles. The molecule has 2 rings (SSSR count). The van der Waals surface area contributed by atoms with Gasteiger partial charge in [0.2, 0.25) is 0 Å². The fraction of sp³-hybridized carbons (Fsp3) is 0.286. The van der Waals surface area contributed by atoms with Crippen LogP contribution < -0.4 is 10.6 Å². The standard InChI is InChI=1S/C14H17ClN4/c1-11-4-2-5-12(8-11)19(7-3-6-16)14-13(15)9-17-10-18-14/h2,4-5,8-10H,3,6-7,16H2,1H3. The first-order chi connectivity index (χ1) is 9.22. The molecule has 0 atom stereocenters. The van der Waals surface area contributed by atoms with Crippen molar-refractivity contribution >= 4 is 23.1 Å². The Morgan fingerprint density at radius 1 is 1.37 bits per heavy atom.